The normalized spacial score (nSPS) is 22.5. The number of rotatable bonds is 7. The van der Waals surface area contributed by atoms with Crippen molar-refractivity contribution in [2.75, 3.05) is 33.5 Å². The Bertz CT molecular complexity index is 124. The minimum Gasteiger partial charge on any atom is -0.385 e. The van der Waals surface area contributed by atoms with Crippen LogP contribution in [0.25, 0.3) is 0 Å². The fourth-order valence-corrected chi connectivity index (χ4v) is 1.76. The molecule has 1 unspecified atom stereocenters. The van der Waals surface area contributed by atoms with Crippen LogP contribution in [-0.2, 0) is 9.47 Å². The standard InChI is InChI=1S/C11H23NO2/c1-13-8-4-2-3-7-12-11-6-5-9-14-10-11/h11-12H,2-10H2,1H3. The van der Waals surface area contributed by atoms with Crippen LogP contribution in [0.5, 0.6) is 0 Å². The van der Waals surface area contributed by atoms with Crippen molar-refractivity contribution in [1.29, 1.82) is 0 Å². The number of ether oxygens (including phenoxy) is 2. The number of hydrogen-bond donors (Lipinski definition) is 1. The first-order valence-corrected chi connectivity index (χ1v) is 5.73. The summed E-state index contributed by atoms with van der Waals surface area (Å²) in [6, 6.07) is 0.603. The Hall–Kier alpha value is -0.120. The van der Waals surface area contributed by atoms with E-state index in [9.17, 15) is 0 Å². The smallest absolute Gasteiger partial charge is 0.0619 e. The molecule has 0 aromatic heterocycles. The zero-order valence-electron chi connectivity index (χ0n) is 9.26. The third-order valence-electron chi connectivity index (χ3n) is 2.62. The summed E-state index contributed by atoms with van der Waals surface area (Å²) in [5, 5.41) is 3.53. The van der Waals surface area contributed by atoms with Gasteiger partial charge in [-0.2, -0.15) is 0 Å². The van der Waals surface area contributed by atoms with Crippen LogP contribution in [0.2, 0.25) is 0 Å². The summed E-state index contributed by atoms with van der Waals surface area (Å²) in [4.78, 5) is 0. The molecule has 1 rings (SSSR count). The van der Waals surface area contributed by atoms with Crippen LogP contribution in [0, 0.1) is 0 Å². The zero-order chi connectivity index (χ0) is 10.1. The summed E-state index contributed by atoms with van der Waals surface area (Å²) >= 11 is 0. The van der Waals surface area contributed by atoms with E-state index in [1.165, 1.54) is 32.1 Å². The van der Waals surface area contributed by atoms with Gasteiger partial charge in [0, 0.05) is 26.4 Å². The summed E-state index contributed by atoms with van der Waals surface area (Å²) in [6.45, 7) is 3.87. The van der Waals surface area contributed by atoms with E-state index < -0.39 is 0 Å². The Kier molecular flexibility index (Phi) is 7.01. The molecule has 0 aromatic rings. The maximum Gasteiger partial charge on any atom is 0.0619 e. The first kappa shape index (κ1) is 12.0. The molecule has 3 nitrogen and oxygen atoms in total. The summed E-state index contributed by atoms with van der Waals surface area (Å²) < 4.78 is 10.4. The molecule has 1 fully saturated rings. The quantitative estimate of drug-likeness (QED) is 0.634. The molecule has 1 aliphatic heterocycles. The van der Waals surface area contributed by atoms with Gasteiger partial charge in [0.1, 0.15) is 0 Å². The Labute approximate surface area is 87.2 Å². The summed E-state index contributed by atoms with van der Waals surface area (Å²) in [7, 11) is 1.76. The third kappa shape index (κ3) is 5.58. The summed E-state index contributed by atoms with van der Waals surface area (Å²) in [6.07, 6.45) is 6.17. The van der Waals surface area contributed by atoms with Gasteiger partial charge in [-0.1, -0.05) is 0 Å². The maximum absolute atomic E-state index is 5.40. The van der Waals surface area contributed by atoms with E-state index in [2.05, 4.69) is 5.32 Å². The van der Waals surface area contributed by atoms with E-state index in [0.29, 0.717) is 6.04 Å². The van der Waals surface area contributed by atoms with Gasteiger partial charge in [0.05, 0.1) is 6.61 Å². The molecule has 0 aromatic carbocycles. The SMILES string of the molecule is COCCCCCNC1CCCOC1. The molecule has 1 aliphatic rings. The first-order valence-electron chi connectivity index (χ1n) is 5.73. The van der Waals surface area contributed by atoms with Gasteiger partial charge in [0.25, 0.3) is 0 Å². The Morgan fingerprint density at radius 1 is 1.36 bits per heavy atom. The highest BCUT2D eigenvalue weighted by Gasteiger charge is 2.11. The van der Waals surface area contributed by atoms with E-state index in [4.69, 9.17) is 9.47 Å². The topological polar surface area (TPSA) is 30.5 Å². The molecule has 1 N–H and O–H groups in total. The van der Waals surface area contributed by atoms with E-state index in [1.54, 1.807) is 7.11 Å². The number of nitrogens with one attached hydrogen (secondary N) is 1. The highest BCUT2D eigenvalue weighted by atomic mass is 16.5. The second kappa shape index (κ2) is 8.21. The fraction of sp³-hybridized carbons (Fsp3) is 1.00. The van der Waals surface area contributed by atoms with Crippen molar-refractivity contribution in [1.82, 2.24) is 5.32 Å². The van der Waals surface area contributed by atoms with E-state index >= 15 is 0 Å². The van der Waals surface area contributed by atoms with Crippen molar-refractivity contribution >= 4 is 0 Å². The lowest BCUT2D eigenvalue weighted by atomic mass is 10.1. The van der Waals surface area contributed by atoms with E-state index in [-0.39, 0.29) is 0 Å². The summed E-state index contributed by atoms with van der Waals surface area (Å²) in [5.41, 5.74) is 0. The average Bonchev–Trinajstić information content (AvgIpc) is 2.25. The Morgan fingerprint density at radius 2 is 2.29 bits per heavy atom. The zero-order valence-corrected chi connectivity index (χ0v) is 9.26. The van der Waals surface area contributed by atoms with Gasteiger partial charge in [-0.15, -0.1) is 0 Å². The number of unbranched alkanes of at least 4 members (excludes halogenated alkanes) is 2. The van der Waals surface area contributed by atoms with Gasteiger partial charge in [-0.3, -0.25) is 0 Å². The molecule has 0 radical (unpaired) electrons. The minimum absolute atomic E-state index is 0.603. The van der Waals surface area contributed by atoms with Crippen molar-refractivity contribution in [2.45, 2.75) is 38.1 Å². The lowest BCUT2D eigenvalue weighted by molar-refractivity contribution is 0.0704. The van der Waals surface area contributed by atoms with Crippen molar-refractivity contribution < 1.29 is 9.47 Å². The molecule has 0 amide bonds. The molecular formula is C11H23NO2. The van der Waals surface area contributed by atoms with Gasteiger partial charge in [-0.05, 0) is 38.6 Å². The van der Waals surface area contributed by atoms with Gasteiger partial charge in [0.15, 0.2) is 0 Å². The van der Waals surface area contributed by atoms with Crippen LogP contribution in [0.4, 0.5) is 0 Å². The molecule has 0 saturated carbocycles. The Balaban J connectivity index is 1.82. The van der Waals surface area contributed by atoms with Gasteiger partial charge in [0.2, 0.25) is 0 Å². The molecule has 0 bridgehead atoms. The predicted molar refractivity (Wildman–Crippen MR) is 57.6 cm³/mol. The maximum atomic E-state index is 5.40. The fourth-order valence-electron chi connectivity index (χ4n) is 1.76. The van der Waals surface area contributed by atoms with Crippen LogP contribution in [0.15, 0.2) is 0 Å². The van der Waals surface area contributed by atoms with Gasteiger partial charge in [-0.25, -0.2) is 0 Å². The second-order valence-corrected chi connectivity index (χ2v) is 3.92. The second-order valence-electron chi connectivity index (χ2n) is 3.92. The molecule has 0 aliphatic carbocycles. The van der Waals surface area contributed by atoms with Gasteiger partial charge >= 0.3 is 0 Å². The molecule has 0 spiro atoms. The molecule has 1 saturated heterocycles. The molecule has 14 heavy (non-hydrogen) atoms. The van der Waals surface area contributed by atoms with Crippen molar-refractivity contribution in [3.05, 3.63) is 0 Å². The monoisotopic (exact) mass is 201 g/mol. The first-order chi connectivity index (χ1) is 6.93. The minimum atomic E-state index is 0.603. The Morgan fingerprint density at radius 3 is 3.00 bits per heavy atom. The van der Waals surface area contributed by atoms with E-state index in [0.717, 1.165) is 26.4 Å². The predicted octanol–water partition coefficient (Wildman–Crippen LogP) is 1.57. The lowest BCUT2D eigenvalue weighted by Crippen LogP contribution is -2.37. The summed E-state index contributed by atoms with van der Waals surface area (Å²) in [5.74, 6) is 0. The van der Waals surface area contributed by atoms with Crippen molar-refractivity contribution in [3.63, 3.8) is 0 Å². The molecule has 3 heteroatoms. The van der Waals surface area contributed by atoms with Crippen LogP contribution in [0.1, 0.15) is 32.1 Å². The van der Waals surface area contributed by atoms with Crippen LogP contribution >= 0.6 is 0 Å². The van der Waals surface area contributed by atoms with Gasteiger partial charge < -0.3 is 14.8 Å². The van der Waals surface area contributed by atoms with Crippen molar-refractivity contribution in [2.24, 2.45) is 0 Å². The molecule has 84 valence electrons. The largest absolute Gasteiger partial charge is 0.385 e. The van der Waals surface area contributed by atoms with Crippen LogP contribution in [-0.4, -0.2) is 39.5 Å². The van der Waals surface area contributed by atoms with Crippen LogP contribution < -0.4 is 5.32 Å². The highest BCUT2D eigenvalue weighted by Crippen LogP contribution is 2.05. The lowest BCUT2D eigenvalue weighted by Gasteiger charge is -2.23. The number of methoxy groups -OCH3 is 1. The van der Waals surface area contributed by atoms with Crippen LogP contribution in [0.3, 0.4) is 0 Å². The average molecular weight is 201 g/mol. The number of hydrogen-bond acceptors (Lipinski definition) is 3. The molecular weight excluding hydrogens is 178 g/mol. The third-order valence-corrected chi connectivity index (χ3v) is 2.62. The molecule has 1 atom stereocenters. The molecule has 1 heterocycles. The van der Waals surface area contributed by atoms with E-state index in [1.807, 2.05) is 0 Å². The highest BCUT2D eigenvalue weighted by molar-refractivity contribution is 4.69. The van der Waals surface area contributed by atoms with Crippen molar-refractivity contribution in [3.8, 4) is 0 Å².